The van der Waals surface area contributed by atoms with Crippen LogP contribution in [0, 0.1) is 5.92 Å². The molecule has 2 rings (SSSR count). The molecule has 1 saturated heterocycles. The molecule has 2 aliphatic rings. The molecule has 88 valence electrons. The summed E-state index contributed by atoms with van der Waals surface area (Å²) in [7, 11) is 0. The van der Waals surface area contributed by atoms with Gasteiger partial charge in [-0.05, 0) is 38.0 Å². The SMILES string of the molecule is CC(Br)C(C)CC1CCC2(CCCC2)O1. The van der Waals surface area contributed by atoms with E-state index in [1.165, 1.54) is 44.9 Å². The fourth-order valence-electron chi connectivity index (χ4n) is 3.05. The van der Waals surface area contributed by atoms with E-state index in [1.54, 1.807) is 0 Å². The third-order valence-electron chi connectivity index (χ3n) is 4.27. The fraction of sp³-hybridized carbons (Fsp3) is 1.00. The van der Waals surface area contributed by atoms with E-state index in [9.17, 15) is 0 Å². The first-order valence-corrected chi connectivity index (χ1v) is 7.35. The van der Waals surface area contributed by atoms with Crippen molar-refractivity contribution < 1.29 is 4.74 Å². The number of ether oxygens (including phenoxy) is 1. The van der Waals surface area contributed by atoms with Crippen LogP contribution in [-0.2, 0) is 4.74 Å². The van der Waals surface area contributed by atoms with Crippen LogP contribution in [0.25, 0.3) is 0 Å². The first kappa shape index (κ1) is 11.9. The quantitative estimate of drug-likeness (QED) is 0.698. The summed E-state index contributed by atoms with van der Waals surface area (Å²) in [6.07, 6.45) is 9.80. The second kappa shape index (κ2) is 4.75. The number of rotatable bonds is 3. The molecule has 0 aromatic carbocycles. The molecule has 0 amide bonds. The molecule has 0 aromatic heterocycles. The largest absolute Gasteiger partial charge is 0.372 e. The monoisotopic (exact) mass is 274 g/mol. The Morgan fingerprint density at radius 2 is 1.93 bits per heavy atom. The van der Waals surface area contributed by atoms with Gasteiger partial charge in [0.2, 0.25) is 0 Å². The van der Waals surface area contributed by atoms with Gasteiger partial charge < -0.3 is 4.74 Å². The Morgan fingerprint density at radius 1 is 1.27 bits per heavy atom. The van der Waals surface area contributed by atoms with Crippen molar-refractivity contribution in [3.63, 3.8) is 0 Å². The van der Waals surface area contributed by atoms with Gasteiger partial charge in [0.1, 0.15) is 0 Å². The van der Waals surface area contributed by atoms with Gasteiger partial charge in [-0.15, -0.1) is 0 Å². The molecule has 0 N–H and O–H groups in total. The molecule has 3 atom stereocenters. The molecule has 1 heterocycles. The average molecular weight is 275 g/mol. The van der Waals surface area contributed by atoms with E-state index in [1.807, 2.05) is 0 Å². The van der Waals surface area contributed by atoms with Crippen molar-refractivity contribution in [2.75, 3.05) is 0 Å². The van der Waals surface area contributed by atoms with Crippen LogP contribution in [0.3, 0.4) is 0 Å². The van der Waals surface area contributed by atoms with Crippen LogP contribution in [0.5, 0.6) is 0 Å². The van der Waals surface area contributed by atoms with Crippen LogP contribution in [0.15, 0.2) is 0 Å². The minimum absolute atomic E-state index is 0.319. The molecule has 1 spiro atoms. The van der Waals surface area contributed by atoms with Crippen LogP contribution < -0.4 is 0 Å². The molecule has 1 saturated carbocycles. The molecule has 1 aliphatic carbocycles. The van der Waals surface area contributed by atoms with E-state index in [-0.39, 0.29) is 0 Å². The maximum absolute atomic E-state index is 6.31. The molecule has 1 aliphatic heterocycles. The normalized spacial score (nSPS) is 33.4. The van der Waals surface area contributed by atoms with Crippen LogP contribution in [0.1, 0.15) is 58.8 Å². The zero-order chi connectivity index (χ0) is 10.9. The zero-order valence-electron chi connectivity index (χ0n) is 9.97. The molecule has 0 aromatic rings. The summed E-state index contributed by atoms with van der Waals surface area (Å²) in [5.41, 5.74) is 0.319. The van der Waals surface area contributed by atoms with Crippen molar-refractivity contribution >= 4 is 15.9 Å². The van der Waals surface area contributed by atoms with Crippen LogP contribution >= 0.6 is 15.9 Å². The summed E-state index contributed by atoms with van der Waals surface area (Å²) in [6.45, 7) is 4.56. The van der Waals surface area contributed by atoms with Crippen molar-refractivity contribution in [1.82, 2.24) is 0 Å². The lowest BCUT2D eigenvalue weighted by Gasteiger charge is -2.25. The van der Waals surface area contributed by atoms with Crippen molar-refractivity contribution in [1.29, 1.82) is 0 Å². The summed E-state index contributed by atoms with van der Waals surface area (Å²) in [5, 5.41) is 0. The summed E-state index contributed by atoms with van der Waals surface area (Å²) in [4.78, 5) is 0.612. The maximum atomic E-state index is 6.31. The van der Waals surface area contributed by atoms with Crippen molar-refractivity contribution in [3.8, 4) is 0 Å². The summed E-state index contributed by atoms with van der Waals surface area (Å²) >= 11 is 3.67. The van der Waals surface area contributed by atoms with E-state index in [0.29, 0.717) is 16.5 Å². The van der Waals surface area contributed by atoms with Crippen molar-refractivity contribution in [2.45, 2.75) is 75.3 Å². The van der Waals surface area contributed by atoms with Gasteiger partial charge in [0, 0.05) is 4.83 Å². The third kappa shape index (κ3) is 2.76. The Morgan fingerprint density at radius 3 is 2.53 bits per heavy atom. The lowest BCUT2D eigenvalue weighted by molar-refractivity contribution is -0.0432. The highest BCUT2D eigenvalue weighted by Gasteiger charge is 2.42. The highest BCUT2D eigenvalue weighted by atomic mass is 79.9. The van der Waals surface area contributed by atoms with Gasteiger partial charge in [-0.3, -0.25) is 0 Å². The van der Waals surface area contributed by atoms with Gasteiger partial charge in [-0.2, -0.15) is 0 Å². The molecular formula is C13H23BrO. The van der Waals surface area contributed by atoms with Gasteiger partial charge in [-0.1, -0.05) is 42.6 Å². The van der Waals surface area contributed by atoms with Crippen molar-refractivity contribution in [2.24, 2.45) is 5.92 Å². The van der Waals surface area contributed by atoms with Gasteiger partial charge in [0.05, 0.1) is 11.7 Å². The summed E-state index contributed by atoms with van der Waals surface area (Å²) in [6, 6.07) is 0. The molecular weight excluding hydrogens is 252 g/mol. The van der Waals surface area contributed by atoms with Gasteiger partial charge >= 0.3 is 0 Å². The minimum atomic E-state index is 0.319. The van der Waals surface area contributed by atoms with E-state index < -0.39 is 0 Å². The Hall–Kier alpha value is 0.440. The topological polar surface area (TPSA) is 9.23 Å². The lowest BCUT2D eigenvalue weighted by Crippen LogP contribution is -2.26. The zero-order valence-corrected chi connectivity index (χ0v) is 11.6. The van der Waals surface area contributed by atoms with Gasteiger partial charge in [-0.25, -0.2) is 0 Å². The average Bonchev–Trinajstić information content (AvgIpc) is 2.78. The Balaban J connectivity index is 1.82. The van der Waals surface area contributed by atoms with E-state index in [0.717, 1.165) is 5.92 Å². The van der Waals surface area contributed by atoms with E-state index in [2.05, 4.69) is 29.8 Å². The van der Waals surface area contributed by atoms with Crippen LogP contribution in [0.2, 0.25) is 0 Å². The standard InChI is InChI=1S/C13H23BrO/c1-10(11(2)14)9-12-5-8-13(15-12)6-3-4-7-13/h10-12H,3-9H2,1-2H3. The van der Waals surface area contributed by atoms with Crippen molar-refractivity contribution in [3.05, 3.63) is 0 Å². The molecule has 0 radical (unpaired) electrons. The Kier molecular flexibility index (Phi) is 3.77. The molecule has 15 heavy (non-hydrogen) atoms. The van der Waals surface area contributed by atoms with Gasteiger partial charge in [0.25, 0.3) is 0 Å². The summed E-state index contributed by atoms with van der Waals surface area (Å²) in [5.74, 6) is 0.728. The number of halogens is 1. The molecule has 1 nitrogen and oxygen atoms in total. The first-order valence-electron chi connectivity index (χ1n) is 6.43. The smallest absolute Gasteiger partial charge is 0.0687 e. The number of hydrogen-bond donors (Lipinski definition) is 0. The predicted molar refractivity (Wildman–Crippen MR) is 67.5 cm³/mol. The Bertz CT molecular complexity index is 209. The molecule has 2 fully saturated rings. The highest BCUT2D eigenvalue weighted by molar-refractivity contribution is 9.09. The Labute approximate surface area is 102 Å². The maximum Gasteiger partial charge on any atom is 0.0687 e. The van der Waals surface area contributed by atoms with Crippen LogP contribution in [0.4, 0.5) is 0 Å². The second-order valence-corrected chi connectivity index (χ2v) is 7.00. The van der Waals surface area contributed by atoms with Crippen LogP contribution in [-0.4, -0.2) is 16.5 Å². The minimum Gasteiger partial charge on any atom is -0.372 e. The molecule has 3 unspecified atom stereocenters. The lowest BCUT2D eigenvalue weighted by atomic mass is 9.96. The highest BCUT2D eigenvalue weighted by Crippen LogP contribution is 2.44. The van der Waals surface area contributed by atoms with E-state index in [4.69, 9.17) is 4.74 Å². The fourth-order valence-corrected chi connectivity index (χ4v) is 3.27. The van der Waals surface area contributed by atoms with Gasteiger partial charge in [0.15, 0.2) is 0 Å². The predicted octanol–water partition coefficient (Wildman–Crippen LogP) is 4.29. The second-order valence-electron chi connectivity index (χ2n) is 5.56. The van der Waals surface area contributed by atoms with E-state index >= 15 is 0 Å². The third-order valence-corrected chi connectivity index (χ3v) is 5.17. The molecule has 2 heteroatoms. The number of hydrogen-bond acceptors (Lipinski definition) is 1. The number of alkyl halides is 1. The summed E-state index contributed by atoms with van der Waals surface area (Å²) < 4.78 is 6.31. The first-order chi connectivity index (χ1) is 7.11. The molecule has 0 bridgehead atoms.